The number of nitrogens with zero attached hydrogens (tertiary/aromatic N) is 2. The molecule has 23 heavy (non-hydrogen) atoms. The molecule has 6 rings (SSSR count). The minimum atomic E-state index is -0.390. The van der Waals surface area contributed by atoms with E-state index in [-0.39, 0.29) is 5.54 Å². The molecule has 1 aromatic heterocycles. The lowest BCUT2D eigenvalue weighted by Crippen LogP contribution is -2.61. The van der Waals surface area contributed by atoms with Gasteiger partial charge in [0.25, 0.3) is 0 Å². The number of rotatable bonds is 2. The Morgan fingerprint density at radius 1 is 1.00 bits per heavy atom. The molecule has 0 amide bonds. The van der Waals surface area contributed by atoms with Gasteiger partial charge in [-0.25, -0.2) is 0 Å². The number of nitrogens with one attached hydrogen (secondary N) is 1. The number of aromatic nitrogens is 1. The van der Waals surface area contributed by atoms with E-state index in [0.29, 0.717) is 11.8 Å². The van der Waals surface area contributed by atoms with E-state index in [2.05, 4.69) is 40.6 Å². The highest BCUT2D eigenvalue weighted by atomic mass is 15.0. The van der Waals surface area contributed by atoms with Crippen molar-refractivity contribution in [1.82, 2.24) is 4.98 Å². The van der Waals surface area contributed by atoms with Crippen LogP contribution >= 0.6 is 0 Å². The van der Waals surface area contributed by atoms with Gasteiger partial charge in [-0.05, 0) is 67.9 Å². The second kappa shape index (κ2) is 4.71. The van der Waals surface area contributed by atoms with Crippen molar-refractivity contribution in [1.29, 1.82) is 5.26 Å². The summed E-state index contributed by atoms with van der Waals surface area (Å²) >= 11 is 0. The van der Waals surface area contributed by atoms with Crippen LogP contribution in [-0.2, 0) is 0 Å². The van der Waals surface area contributed by atoms with Crippen molar-refractivity contribution in [2.24, 2.45) is 23.7 Å². The fourth-order valence-electron chi connectivity index (χ4n) is 5.77. The summed E-state index contributed by atoms with van der Waals surface area (Å²) in [6.07, 6.45) is 8.16. The Morgan fingerprint density at radius 3 is 2.39 bits per heavy atom. The molecule has 3 nitrogen and oxygen atoms in total. The van der Waals surface area contributed by atoms with Crippen LogP contribution in [0.25, 0.3) is 10.9 Å². The van der Waals surface area contributed by atoms with Gasteiger partial charge in [0.15, 0.2) is 0 Å². The van der Waals surface area contributed by atoms with Gasteiger partial charge in [-0.15, -0.1) is 0 Å². The predicted molar refractivity (Wildman–Crippen MR) is 90.8 cm³/mol. The van der Waals surface area contributed by atoms with Crippen molar-refractivity contribution in [3.63, 3.8) is 0 Å². The maximum Gasteiger partial charge on any atom is 0.131 e. The number of fused-ring (bicyclic) bond motifs is 1. The molecule has 1 aromatic carbocycles. The maximum atomic E-state index is 10.1. The molecule has 1 heterocycles. The van der Waals surface area contributed by atoms with Crippen LogP contribution in [0.4, 0.5) is 5.69 Å². The average molecular weight is 303 g/mol. The van der Waals surface area contributed by atoms with Gasteiger partial charge in [0, 0.05) is 11.6 Å². The summed E-state index contributed by atoms with van der Waals surface area (Å²) in [7, 11) is 0. The van der Waals surface area contributed by atoms with E-state index in [9.17, 15) is 5.26 Å². The van der Waals surface area contributed by atoms with E-state index in [4.69, 9.17) is 0 Å². The zero-order valence-corrected chi connectivity index (χ0v) is 13.2. The van der Waals surface area contributed by atoms with Crippen LogP contribution in [0.2, 0.25) is 0 Å². The average Bonchev–Trinajstić information content (AvgIpc) is 2.58. The van der Waals surface area contributed by atoms with Crippen molar-refractivity contribution in [2.75, 3.05) is 5.32 Å². The number of benzene rings is 1. The standard InChI is InChI=1S/C20H21N3/c21-12-20(16-8-13-7-14(10-16)11-17(20)9-13)23-18-5-1-3-15-4-2-6-22-19(15)18/h1-6,13-14,16-17,23H,7-11H2. The second-order valence-corrected chi connectivity index (χ2v) is 7.79. The summed E-state index contributed by atoms with van der Waals surface area (Å²) in [5, 5.41) is 15.0. The zero-order valence-electron chi connectivity index (χ0n) is 13.2. The lowest BCUT2D eigenvalue weighted by Gasteiger charge is -2.58. The van der Waals surface area contributed by atoms with Gasteiger partial charge in [0.1, 0.15) is 5.54 Å². The Labute approximate surface area is 136 Å². The molecular weight excluding hydrogens is 282 g/mol. The molecule has 0 unspecified atom stereocenters. The van der Waals surface area contributed by atoms with E-state index in [0.717, 1.165) is 28.4 Å². The van der Waals surface area contributed by atoms with Crippen molar-refractivity contribution in [3.05, 3.63) is 36.5 Å². The van der Waals surface area contributed by atoms with Crippen LogP contribution in [-0.4, -0.2) is 10.5 Å². The molecule has 4 saturated carbocycles. The van der Waals surface area contributed by atoms with Crippen LogP contribution in [0, 0.1) is 35.0 Å². The van der Waals surface area contributed by atoms with Crippen molar-refractivity contribution in [3.8, 4) is 6.07 Å². The van der Waals surface area contributed by atoms with Gasteiger partial charge in [-0.1, -0.05) is 18.2 Å². The van der Waals surface area contributed by atoms with Crippen molar-refractivity contribution < 1.29 is 0 Å². The normalized spacial score (nSPS) is 37.7. The summed E-state index contributed by atoms with van der Waals surface area (Å²) in [4.78, 5) is 4.56. The number of pyridine rings is 1. The minimum absolute atomic E-state index is 0.390. The summed E-state index contributed by atoms with van der Waals surface area (Å²) in [5.74, 6) is 2.74. The Bertz CT molecular complexity index is 771. The first kappa shape index (κ1) is 13.4. The zero-order chi connectivity index (χ0) is 15.4. The number of hydrogen-bond donors (Lipinski definition) is 1. The van der Waals surface area contributed by atoms with E-state index in [1.807, 2.05) is 12.3 Å². The highest BCUT2D eigenvalue weighted by Crippen LogP contribution is 2.59. The smallest absolute Gasteiger partial charge is 0.131 e. The molecule has 116 valence electrons. The lowest BCUT2D eigenvalue weighted by atomic mass is 9.49. The van der Waals surface area contributed by atoms with Gasteiger partial charge >= 0.3 is 0 Å². The maximum absolute atomic E-state index is 10.1. The predicted octanol–water partition coefficient (Wildman–Crippen LogP) is 4.37. The van der Waals surface area contributed by atoms with E-state index >= 15 is 0 Å². The SMILES string of the molecule is N#CC1(Nc2cccc3cccnc23)C2CC3CC(C2)CC1C3. The van der Waals surface area contributed by atoms with Gasteiger partial charge in [-0.2, -0.15) is 5.26 Å². The quantitative estimate of drug-likeness (QED) is 0.896. The van der Waals surface area contributed by atoms with Crippen molar-refractivity contribution in [2.45, 2.75) is 37.6 Å². The monoisotopic (exact) mass is 303 g/mol. The molecule has 2 aromatic rings. The number of anilines is 1. The third-order valence-electron chi connectivity index (χ3n) is 6.59. The number of nitriles is 1. The van der Waals surface area contributed by atoms with Crippen LogP contribution < -0.4 is 5.32 Å². The summed E-state index contributed by atoms with van der Waals surface area (Å²) in [6, 6.07) is 13.0. The van der Waals surface area contributed by atoms with Crippen molar-refractivity contribution >= 4 is 16.6 Å². The summed E-state index contributed by atoms with van der Waals surface area (Å²) in [6.45, 7) is 0. The van der Waals surface area contributed by atoms with Gasteiger partial charge in [0.2, 0.25) is 0 Å². The van der Waals surface area contributed by atoms with Crippen LogP contribution in [0.5, 0.6) is 0 Å². The Balaban J connectivity index is 1.59. The third-order valence-corrected chi connectivity index (χ3v) is 6.59. The Morgan fingerprint density at radius 2 is 1.70 bits per heavy atom. The largest absolute Gasteiger partial charge is 0.365 e. The topological polar surface area (TPSA) is 48.7 Å². The number of hydrogen-bond acceptors (Lipinski definition) is 3. The molecule has 0 saturated heterocycles. The molecule has 4 fully saturated rings. The van der Waals surface area contributed by atoms with E-state index in [1.165, 1.54) is 32.1 Å². The van der Waals surface area contributed by atoms with Gasteiger partial charge in [0.05, 0.1) is 17.3 Å². The highest BCUT2D eigenvalue weighted by molar-refractivity contribution is 5.90. The molecule has 0 atom stereocenters. The molecule has 3 heteroatoms. The lowest BCUT2D eigenvalue weighted by molar-refractivity contribution is -0.0206. The van der Waals surface area contributed by atoms with E-state index < -0.39 is 0 Å². The fourth-order valence-corrected chi connectivity index (χ4v) is 5.77. The first-order valence-corrected chi connectivity index (χ1v) is 8.81. The minimum Gasteiger partial charge on any atom is -0.365 e. The first-order valence-electron chi connectivity index (χ1n) is 8.81. The molecule has 1 N–H and O–H groups in total. The first-order chi connectivity index (χ1) is 11.3. The second-order valence-electron chi connectivity index (χ2n) is 7.79. The van der Waals surface area contributed by atoms with Crippen LogP contribution in [0.1, 0.15) is 32.1 Å². The third kappa shape index (κ3) is 1.84. The molecule has 4 bridgehead atoms. The molecule has 0 aliphatic heterocycles. The van der Waals surface area contributed by atoms with Gasteiger partial charge < -0.3 is 5.32 Å². The Kier molecular flexibility index (Phi) is 2.74. The number of para-hydroxylation sites is 1. The molecule has 0 spiro atoms. The molecular formula is C20H21N3. The summed E-state index contributed by atoms with van der Waals surface area (Å²) < 4.78 is 0. The van der Waals surface area contributed by atoms with Crippen LogP contribution in [0.3, 0.4) is 0 Å². The molecule has 4 aliphatic carbocycles. The molecule has 4 aliphatic rings. The fraction of sp³-hybridized carbons (Fsp3) is 0.500. The van der Waals surface area contributed by atoms with Gasteiger partial charge in [-0.3, -0.25) is 4.98 Å². The highest BCUT2D eigenvalue weighted by Gasteiger charge is 2.58. The van der Waals surface area contributed by atoms with E-state index in [1.54, 1.807) is 0 Å². The Hall–Kier alpha value is -2.08. The molecule has 0 radical (unpaired) electrons. The summed E-state index contributed by atoms with van der Waals surface area (Å²) in [5.41, 5.74) is 1.62. The van der Waals surface area contributed by atoms with Crippen LogP contribution in [0.15, 0.2) is 36.5 Å².